The highest BCUT2D eigenvalue weighted by Gasteiger charge is 2.13. The maximum atomic E-state index is 12.1. The summed E-state index contributed by atoms with van der Waals surface area (Å²) in [5.41, 5.74) is 5.61. The number of anilines is 1. The third-order valence-corrected chi connectivity index (χ3v) is 5.10. The number of aromatic nitrogens is 1. The maximum absolute atomic E-state index is 12.1. The molecule has 5 heteroatoms. The second-order valence-corrected chi connectivity index (χ2v) is 7.58. The second kappa shape index (κ2) is 7.70. The first-order chi connectivity index (χ1) is 12.4. The van der Waals surface area contributed by atoms with Gasteiger partial charge in [0.05, 0.1) is 5.69 Å². The Kier molecular flexibility index (Phi) is 5.38. The van der Waals surface area contributed by atoms with Crippen LogP contribution in [0.25, 0.3) is 11.3 Å². The number of nitrogens with one attached hydrogen (secondary N) is 1. The van der Waals surface area contributed by atoms with Gasteiger partial charge in [-0.05, 0) is 57.0 Å². The second-order valence-electron chi connectivity index (χ2n) is 6.37. The van der Waals surface area contributed by atoms with Crippen LogP contribution in [-0.4, -0.2) is 17.5 Å². The normalized spacial score (nSPS) is 10.6. The summed E-state index contributed by atoms with van der Waals surface area (Å²) in [7, 11) is 0. The number of carbonyl (C=O) groups is 1. The Morgan fingerprint density at radius 3 is 2.46 bits per heavy atom. The molecule has 1 heterocycles. The van der Waals surface area contributed by atoms with Gasteiger partial charge in [-0.1, -0.05) is 29.8 Å². The van der Waals surface area contributed by atoms with Gasteiger partial charge in [-0.3, -0.25) is 10.1 Å². The van der Waals surface area contributed by atoms with E-state index < -0.39 is 0 Å². The third kappa shape index (κ3) is 4.29. The van der Waals surface area contributed by atoms with E-state index in [1.807, 2.05) is 38.1 Å². The van der Waals surface area contributed by atoms with Crippen LogP contribution >= 0.6 is 11.3 Å². The van der Waals surface area contributed by atoms with Crippen LogP contribution < -0.4 is 10.1 Å². The van der Waals surface area contributed by atoms with Crippen LogP contribution in [-0.2, 0) is 4.79 Å². The fourth-order valence-electron chi connectivity index (χ4n) is 2.55. The average molecular weight is 366 g/mol. The zero-order chi connectivity index (χ0) is 18.7. The summed E-state index contributed by atoms with van der Waals surface area (Å²) in [5.74, 6) is 0.461. The van der Waals surface area contributed by atoms with Crippen molar-refractivity contribution >= 4 is 22.4 Å². The summed E-state index contributed by atoms with van der Waals surface area (Å²) in [6, 6.07) is 13.9. The largest absolute Gasteiger partial charge is 0.484 e. The quantitative estimate of drug-likeness (QED) is 0.686. The lowest BCUT2D eigenvalue weighted by atomic mass is 10.0. The Bertz CT molecular complexity index is 930. The van der Waals surface area contributed by atoms with Crippen LogP contribution in [0.4, 0.5) is 5.13 Å². The van der Waals surface area contributed by atoms with Gasteiger partial charge in [-0.25, -0.2) is 4.98 Å². The van der Waals surface area contributed by atoms with Crippen LogP contribution in [0.5, 0.6) is 5.75 Å². The Morgan fingerprint density at radius 1 is 1.04 bits per heavy atom. The van der Waals surface area contributed by atoms with Gasteiger partial charge in [-0.15, -0.1) is 11.3 Å². The minimum absolute atomic E-state index is 0.0410. The lowest BCUT2D eigenvalue weighted by Crippen LogP contribution is -2.20. The van der Waals surface area contributed by atoms with Crippen LogP contribution in [0.1, 0.15) is 21.6 Å². The molecule has 0 aliphatic carbocycles. The molecule has 4 nitrogen and oxygen atoms in total. The van der Waals surface area contributed by atoms with Crippen molar-refractivity contribution in [2.45, 2.75) is 27.7 Å². The van der Waals surface area contributed by atoms with E-state index in [-0.39, 0.29) is 12.5 Å². The van der Waals surface area contributed by atoms with Crippen LogP contribution in [0.3, 0.4) is 0 Å². The number of thiazole rings is 1. The van der Waals surface area contributed by atoms with Crippen molar-refractivity contribution in [3.05, 3.63) is 64.0 Å². The number of hydrogen-bond donors (Lipinski definition) is 1. The van der Waals surface area contributed by atoms with Crippen molar-refractivity contribution in [2.24, 2.45) is 0 Å². The van der Waals surface area contributed by atoms with Gasteiger partial charge in [0.15, 0.2) is 11.7 Å². The van der Waals surface area contributed by atoms with Crippen molar-refractivity contribution in [1.82, 2.24) is 4.98 Å². The fraction of sp³-hybridized carbons (Fsp3) is 0.238. The van der Waals surface area contributed by atoms with E-state index in [4.69, 9.17) is 4.74 Å². The topological polar surface area (TPSA) is 51.2 Å². The Balaban J connectivity index is 1.65. The molecule has 2 aromatic carbocycles. The molecule has 0 fully saturated rings. The summed E-state index contributed by atoms with van der Waals surface area (Å²) in [4.78, 5) is 17.8. The molecule has 0 aliphatic heterocycles. The molecule has 0 aliphatic rings. The molecule has 134 valence electrons. The minimum Gasteiger partial charge on any atom is -0.484 e. The molecular formula is C21H22N2O2S. The molecule has 1 amide bonds. The van der Waals surface area contributed by atoms with E-state index in [0.29, 0.717) is 10.9 Å². The van der Waals surface area contributed by atoms with Crippen molar-refractivity contribution in [2.75, 3.05) is 11.9 Å². The molecule has 0 radical (unpaired) electrons. The van der Waals surface area contributed by atoms with E-state index in [2.05, 4.69) is 42.3 Å². The van der Waals surface area contributed by atoms with Gasteiger partial charge in [0, 0.05) is 10.4 Å². The summed E-state index contributed by atoms with van der Waals surface area (Å²) in [6.07, 6.45) is 0. The van der Waals surface area contributed by atoms with Crippen LogP contribution in [0, 0.1) is 27.7 Å². The SMILES string of the molecule is Cc1ccc(OCC(=O)Nc2nc(-c3ccc(C)c(C)c3)c(C)s2)cc1. The van der Waals surface area contributed by atoms with Gasteiger partial charge in [0.2, 0.25) is 0 Å². The minimum atomic E-state index is -0.217. The number of ether oxygens (including phenoxy) is 1. The van der Waals surface area contributed by atoms with Gasteiger partial charge < -0.3 is 4.74 Å². The highest BCUT2D eigenvalue weighted by molar-refractivity contribution is 7.16. The average Bonchev–Trinajstić information content (AvgIpc) is 2.97. The van der Waals surface area contributed by atoms with Gasteiger partial charge in [0.1, 0.15) is 5.75 Å². The number of rotatable bonds is 5. The third-order valence-electron chi connectivity index (χ3n) is 4.21. The monoisotopic (exact) mass is 366 g/mol. The molecule has 26 heavy (non-hydrogen) atoms. The summed E-state index contributed by atoms with van der Waals surface area (Å²) >= 11 is 1.47. The number of benzene rings is 2. The lowest BCUT2D eigenvalue weighted by molar-refractivity contribution is -0.118. The summed E-state index contributed by atoms with van der Waals surface area (Å²) in [6.45, 7) is 8.16. The molecule has 1 N–H and O–H groups in total. The highest BCUT2D eigenvalue weighted by atomic mass is 32.1. The lowest BCUT2D eigenvalue weighted by Gasteiger charge is -2.06. The standard InChI is InChI=1S/C21H22N2O2S/c1-13-5-9-18(10-6-13)25-12-19(24)22-21-23-20(16(4)26-21)17-8-7-14(2)15(3)11-17/h5-11H,12H2,1-4H3,(H,22,23,24). The smallest absolute Gasteiger partial charge is 0.264 e. The molecule has 0 unspecified atom stereocenters. The zero-order valence-corrected chi connectivity index (χ0v) is 16.2. The molecule has 3 rings (SSSR count). The maximum Gasteiger partial charge on any atom is 0.264 e. The molecule has 0 saturated heterocycles. The van der Waals surface area contributed by atoms with Gasteiger partial charge >= 0.3 is 0 Å². The summed E-state index contributed by atoms with van der Waals surface area (Å²) < 4.78 is 5.51. The molecule has 0 bridgehead atoms. The van der Waals surface area contributed by atoms with E-state index >= 15 is 0 Å². The number of carbonyl (C=O) groups excluding carboxylic acids is 1. The summed E-state index contributed by atoms with van der Waals surface area (Å²) in [5, 5.41) is 3.41. The van der Waals surface area contributed by atoms with E-state index in [9.17, 15) is 4.79 Å². The molecule has 0 spiro atoms. The van der Waals surface area contributed by atoms with Gasteiger partial charge in [0.25, 0.3) is 5.91 Å². The number of hydrogen-bond acceptors (Lipinski definition) is 4. The first-order valence-electron chi connectivity index (χ1n) is 8.47. The van der Waals surface area contributed by atoms with Crippen LogP contribution in [0.15, 0.2) is 42.5 Å². The van der Waals surface area contributed by atoms with Crippen molar-refractivity contribution in [3.63, 3.8) is 0 Å². The highest BCUT2D eigenvalue weighted by Crippen LogP contribution is 2.31. The number of nitrogens with zero attached hydrogens (tertiary/aromatic N) is 1. The van der Waals surface area contributed by atoms with Crippen molar-refractivity contribution < 1.29 is 9.53 Å². The predicted octanol–water partition coefficient (Wildman–Crippen LogP) is 5.06. The van der Waals surface area contributed by atoms with E-state index in [1.165, 1.54) is 22.5 Å². The predicted molar refractivity (Wildman–Crippen MR) is 107 cm³/mol. The van der Waals surface area contributed by atoms with Crippen molar-refractivity contribution in [1.29, 1.82) is 0 Å². The van der Waals surface area contributed by atoms with Gasteiger partial charge in [-0.2, -0.15) is 0 Å². The fourth-order valence-corrected chi connectivity index (χ4v) is 3.40. The van der Waals surface area contributed by atoms with E-state index in [0.717, 1.165) is 21.7 Å². The molecule has 0 atom stereocenters. The Labute approximate surface area is 157 Å². The molecular weight excluding hydrogens is 344 g/mol. The zero-order valence-electron chi connectivity index (χ0n) is 15.4. The van der Waals surface area contributed by atoms with E-state index in [1.54, 1.807) is 0 Å². The van der Waals surface area contributed by atoms with Crippen molar-refractivity contribution in [3.8, 4) is 17.0 Å². The Morgan fingerprint density at radius 2 is 1.77 bits per heavy atom. The number of amides is 1. The molecule has 0 saturated carbocycles. The van der Waals surface area contributed by atoms with Crippen LogP contribution in [0.2, 0.25) is 0 Å². The first kappa shape index (κ1) is 18.1. The first-order valence-corrected chi connectivity index (χ1v) is 9.28. The molecule has 3 aromatic rings. The number of aryl methyl sites for hydroxylation is 4. The Hall–Kier alpha value is -2.66. The molecule has 1 aromatic heterocycles.